The molecule has 0 amide bonds. The fraction of sp³-hybridized carbons (Fsp3) is 0.385. The molecule has 2 atom stereocenters. The van der Waals surface area contributed by atoms with Crippen LogP contribution in [0.3, 0.4) is 0 Å². The number of benzene rings is 1. The van der Waals surface area contributed by atoms with E-state index in [-0.39, 0.29) is 12.2 Å². The number of hydrogen-bond acceptors (Lipinski definition) is 1. The molecule has 0 radical (unpaired) electrons. The van der Waals surface area contributed by atoms with E-state index in [0.717, 1.165) is 17.3 Å². The van der Waals surface area contributed by atoms with Crippen LogP contribution >= 0.6 is 0 Å². The van der Waals surface area contributed by atoms with Gasteiger partial charge in [0.25, 0.3) is 0 Å². The molecule has 2 unspecified atom stereocenters. The number of H-pyrrole nitrogens is 1. The Morgan fingerprint density at radius 2 is 2.06 bits per heavy atom. The molecule has 2 nitrogen and oxygen atoms in total. The van der Waals surface area contributed by atoms with Crippen molar-refractivity contribution in [1.29, 1.82) is 0 Å². The maximum Gasteiger partial charge on any atom is 0.150 e. The number of aromatic nitrogens is 1. The SMILES string of the molecule is CC1Cc2[nH]c3c(F)cc(F)cc3c2C(C)O1. The second kappa shape index (κ2) is 3.53. The minimum absolute atomic E-state index is 0.0958. The van der Waals surface area contributed by atoms with Crippen LogP contribution in [0, 0.1) is 11.6 Å². The highest BCUT2D eigenvalue weighted by Gasteiger charge is 2.27. The van der Waals surface area contributed by atoms with Crippen LogP contribution in [0.5, 0.6) is 0 Å². The predicted molar refractivity (Wildman–Crippen MR) is 60.9 cm³/mol. The molecule has 0 bridgehead atoms. The van der Waals surface area contributed by atoms with Crippen molar-refractivity contribution in [2.45, 2.75) is 32.5 Å². The molecule has 0 aliphatic carbocycles. The topological polar surface area (TPSA) is 25.0 Å². The molecular formula is C13H13F2NO. The summed E-state index contributed by atoms with van der Waals surface area (Å²) in [5.74, 6) is -1.10. The van der Waals surface area contributed by atoms with Gasteiger partial charge in [-0.05, 0) is 19.9 Å². The Balaban J connectivity index is 2.32. The van der Waals surface area contributed by atoms with Gasteiger partial charge in [0.15, 0.2) is 0 Å². The molecule has 3 rings (SSSR count). The Morgan fingerprint density at radius 1 is 1.29 bits per heavy atom. The van der Waals surface area contributed by atoms with Crippen LogP contribution in [0.4, 0.5) is 8.78 Å². The average molecular weight is 237 g/mol. The smallest absolute Gasteiger partial charge is 0.150 e. The minimum Gasteiger partial charge on any atom is -0.370 e. The fourth-order valence-electron chi connectivity index (χ4n) is 2.67. The maximum atomic E-state index is 13.6. The van der Waals surface area contributed by atoms with Crippen molar-refractivity contribution < 1.29 is 13.5 Å². The third-order valence-electron chi connectivity index (χ3n) is 3.28. The number of fused-ring (bicyclic) bond motifs is 3. The van der Waals surface area contributed by atoms with Crippen LogP contribution in [-0.4, -0.2) is 11.1 Å². The van der Waals surface area contributed by atoms with Crippen LogP contribution in [0.25, 0.3) is 10.9 Å². The molecule has 0 saturated carbocycles. The number of halogens is 2. The second-order valence-corrected chi connectivity index (χ2v) is 4.62. The van der Waals surface area contributed by atoms with Gasteiger partial charge in [-0.15, -0.1) is 0 Å². The summed E-state index contributed by atoms with van der Waals surface area (Å²) in [6.07, 6.45) is 0.664. The first-order valence-corrected chi connectivity index (χ1v) is 5.71. The monoisotopic (exact) mass is 237 g/mol. The van der Waals surface area contributed by atoms with Gasteiger partial charge in [-0.3, -0.25) is 0 Å². The number of rotatable bonds is 0. The normalized spacial score (nSPS) is 24.0. The van der Waals surface area contributed by atoms with Gasteiger partial charge >= 0.3 is 0 Å². The number of aromatic amines is 1. The fourth-order valence-corrected chi connectivity index (χ4v) is 2.67. The first-order chi connectivity index (χ1) is 8.06. The van der Waals surface area contributed by atoms with E-state index in [1.165, 1.54) is 6.07 Å². The van der Waals surface area contributed by atoms with E-state index in [1.54, 1.807) is 0 Å². The molecule has 1 aromatic carbocycles. The average Bonchev–Trinajstić information content (AvgIpc) is 2.56. The molecule has 1 aliphatic heterocycles. The summed E-state index contributed by atoms with van der Waals surface area (Å²) in [6.45, 7) is 3.88. The summed E-state index contributed by atoms with van der Waals surface area (Å²) in [6, 6.07) is 2.27. The van der Waals surface area contributed by atoms with Crippen LogP contribution in [0.15, 0.2) is 12.1 Å². The summed E-state index contributed by atoms with van der Waals surface area (Å²) in [7, 11) is 0. The van der Waals surface area contributed by atoms with E-state index in [9.17, 15) is 8.78 Å². The molecule has 0 fully saturated rings. The van der Waals surface area contributed by atoms with Gasteiger partial charge in [-0.2, -0.15) is 0 Å². The first-order valence-electron chi connectivity index (χ1n) is 5.71. The van der Waals surface area contributed by atoms with Crippen molar-refractivity contribution in [3.63, 3.8) is 0 Å². The molecule has 90 valence electrons. The summed E-state index contributed by atoms with van der Waals surface area (Å²) in [5, 5.41) is 0.594. The zero-order chi connectivity index (χ0) is 12.2. The third-order valence-corrected chi connectivity index (χ3v) is 3.28. The third kappa shape index (κ3) is 1.55. The first kappa shape index (κ1) is 10.7. The van der Waals surface area contributed by atoms with Crippen molar-refractivity contribution in [2.24, 2.45) is 0 Å². The molecule has 0 spiro atoms. The van der Waals surface area contributed by atoms with Crippen molar-refractivity contribution in [1.82, 2.24) is 4.98 Å². The molecule has 1 aliphatic rings. The highest BCUT2D eigenvalue weighted by atomic mass is 19.1. The van der Waals surface area contributed by atoms with Crippen LogP contribution in [-0.2, 0) is 11.2 Å². The Hall–Kier alpha value is -1.42. The molecule has 0 saturated heterocycles. The molecule has 2 heterocycles. The van der Waals surface area contributed by atoms with Crippen LogP contribution < -0.4 is 0 Å². The summed E-state index contributed by atoms with van der Waals surface area (Å²) < 4.78 is 32.6. The molecular weight excluding hydrogens is 224 g/mol. The van der Waals surface area contributed by atoms with Gasteiger partial charge in [-0.1, -0.05) is 0 Å². The van der Waals surface area contributed by atoms with Crippen LogP contribution in [0.2, 0.25) is 0 Å². The van der Waals surface area contributed by atoms with E-state index in [0.29, 0.717) is 17.3 Å². The van der Waals surface area contributed by atoms with Crippen molar-refractivity contribution in [2.75, 3.05) is 0 Å². The lowest BCUT2D eigenvalue weighted by molar-refractivity contribution is -0.00436. The number of hydrogen-bond donors (Lipinski definition) is 1. The quantitative estimate of drug-likeness (QED) is 0.745. The number of nitrogens with one attached hydrogen (secondary N) is 1. The van der Waals surface area contributed by atoms with E-state index >= 15 is 0 Å². The van der Waals surface area contributed by atoms with Crippen molar-refractivity contribution in [3.05, 3.63) is 35.0 Å². The summed E-state index contributed by atoms with van der Waals surface area (Å²) >= 11 is 0. The zero-order valence-corrected chi connectivity index (χ0v) is 9.68. The van der Waals surface area contributed by atoms with Crippen LogP contribution in [0.1, 0.15) is 31.2 Å². The summed E-state index contributed by atoms with van der Waals surface area (Å²) in [5.41, 5.74) is 2.22. The Bertz CT molecular complexity index is 591. The predicted octanol–water partition coefficient (Wildman–Crippen LogP) is 3.47. The van der Waals surface area contributed by atoms with E-state index in [2.05, 4.69) is 4.98 Å². The largest absolute Gasteiger partial charge is 0.370 e. The molecule has 2 aromatic rings. The summed E-state index contributed by atoms with van der Waals surface area (Å²) in [4.78, 5) is 3.05. The van der Waals surface area contributed by atoms with Gasteiger partial charge in [0.2, 0.25) is 0 Å². The Kier molecular flexibility index (Phi) is 2.23. The van der Waals surface area contributed by atoms with Gasteiger partial charge in [0, 0.05) is 29.1 Å². The van der Waals surface area contributed by atoms with Gasteiger partial charge < -0.3 is 9.72 Å². The number of ether oxygens (including phenoxy) is 1. The Morgan fingerprint density at radius 3 is 2.82 bits per heavy atom. The lowest BCUT2D eigenvalue weighted by atomic mass is 9.99. The lowest BCUT2D eigenvalue weighted by Crippen LogP contribution is -2.21. The van der Waals surface area contributed by atoms with Gasteiger partial charge in [0.1, 0.15) is 11.6 Å². The second-order valence-electron chi connectivity index (χ2n) is 4.62. The van der Waals surface area contributed by atoms with Gasteiger partial charge in [-0.25, -0.2) is 8.78 Å². The minimum atomic E-state index is -0.553. The van der Waals surface area contributed by atoms with E-state index in [1.807, 2.05) is 13.8 Å². The van der Waals surface area contributed by atoms with Crippen molar-refractivity contribution >= 4 is 10.9 Å². The molecule has 1 aromatic heterocycles. The lowest BCUT2D eigenvalue weighted by Gasteiger charge is -2.25. The van der Waals surface area contributed by atoms with Crippen molar-refractivity contribution in [3.8, 4) is 0 Å². The van der Waals surface area contributed by atoms with E-state index < -0.39 is 11.6 Å². The molecule has 1 N–H and O–H groups in total. The van der Waals surface area contributed by atoms with E-state index in [4.69, 9.17) is 4.74 Å². The standard InChI is InChI=1S/C13H13F2NO/c1-6-3-11-12(7(2)17-6)9-4-8(14)5-10(15)13(9)16-11/h4-7,16H,3H2,1-2H3. The molecule has 17 heavy (non-hydrogen) atoms. The Labute approximate surface area is 97.6 Å². The highest BCUT2D eigenvalue weighted by molar-refractivity contribution is 5.86. The maximum absolute atomic E-state index is 13.6. The highest BCUT2D eigenvalue weighted by Crippen LogP contribution is 2.36. The van der Waals surface area contributed by atoms with Gasteiger partial charge in [0.05, 0.1) is 17.7 Å². The molecule has 4 heteroatoms. The zero-order valence-electron chi connectivity index (χ0n) is 9.68.